The van der Waals surface area contributed by atoms with E-state index in [-0.39, 0.29) is 23.0 Å². The molecule has 0 aromatic heterocycles. The van der Waals surface area contributed by atoms with Crippen LogP contribution >= 0.6 is 0 Å². The Balaban J connectivity index is 1.85. The van der Waals surface area contributed by atoms with Crippen molar-refractivity contribution in [3.8, 4) is 11.5 Å². The number of benzene rings is 3. The summed E-state index contributed by atoms with van der Waals surface area (Å²) >= 11 is 0. The molecule has 0 heterocycles. The molecule has 8 heteroatoms. The third-order valence-corrected chi connectivity index (χ3v) is 5.89. The molecule has 3 aromatic carbocycles. The highest BCUT2D eigenvalue weighted by molar-refractivity contribution is 7.89. The van der Waals surface area contributed by atoms with E-state index < -0.39 is 10.0 Å². The van der Waals surface area contributed by atoms with Crippen LogP contribution in [-0.4, -0.2) is 28.0 Å². The van der Waals surface area contributed by atoms with Gasteiger partial charge in [0.25, 0.3) is 5.91 Å². The van der Waals surface area contributed by atoms with Crippen molar-refractivity contribution < 1.29 is 22.7 Å². The number of carbonyl (C=O) groups excluding carboxylic acids is 1. The maximum atomic E-state index is 12.9. The molecule has 0 aliphatic heterocycles. The van der Waals surface area contributed by atoms with E-state index in [0.29, 0.717) is 29.2 Å². The lowest BCUT2D eigenvalue weighted by Crippen LogP contribution is -2.24. The van der Waals surface area contributed by atoms with Gasteiger partial charge in [0.2, 0.25) is 10.0 Å². The fraction of sp³-hybridized carbons (Fsp3) is 0.174. The summed E-state index contributed by atoms with van der Waals surface area (Å²) in [5.74, 6) is 0.612. The molecule has 0 saturated carbocycles. The number of ether oxygens (including phenoxy) is 2. The summed E-state index contributed by atoms with van der Waals surface area (Å²) in [6.45, 7) is 2.24. The van der Waals surface area contributed by atoms with Gasteiger partial charge in [-0.05, 0) is 43.3 Å². The number of hydrogen-bond acceptors (Lipinski definition) is 5. The van der Waals surface area contributed by atoms with E-state index in [1.54, 1.807) is 42.5 Å². The Kier molecular flexibility index (Phi) is 7.28. The molecule has 3 aromatic rings. The van der Waals surface area contributed by atoms with Crippen molar-refractivity contribution in [3.63, 3.8) is 0 Å². The summed E-state index contributed by atoms with van der Waals surface area (Å²) < 4.78 is 39.1. The van der Waals surface area contributed by atoms with Crippen molar-refractivity contribution in [3.05, 3.63) is 83.9 Å². The lowest BCUT2D eigenvalue weighted by Gasteiger charge is -2.14. The number of rotatable bonds is 9. The number of anilines is 1. The van der Waals surface area contributed by atoms with E-state index in [1.807, 2.05) is 19.1 Å². The lowest BCUT2D eigenvalue weighted by atomic mass is 10.2. The quantitative estimate of drug-likeness (QED) is 0.528. The number of amides is 1. The van der Waals surface area contributed by atoms with Crippen LogP contribution in [0.25, 0.3) is 0 Å². The average Bonchev–Trinajstić information content (AvgIpc) is 2.79. The number of methoxy groups -OCH3 is 1. The Labute approximate surface area is 182 Å². The molecule has 2 N–H and O–H groups in total. The zero-order chi connectivity index (χ0) is 22.3. The minimum absolute atomic E-state index is 0.00853. The standard InChI is InChI=1S/C23H24N2O5S/c1-3-30-22-14-13-19(15-20(22)25-23(26)17-9-5-4-6-10-17)31(27,28)24-16-18-11-7-8-12-21(18)29-2/h4-15,24H,3,16H2,1-2H3,(H,25,26). The fourth-order valence-corrected chi connectivity index (χ4v) is 3.98. The summed E-state index contributed by atoms with van der Waals surface area (Å²) in [5, 5.41) is 2.74. The Morgan fingerprint density at radius 1 is 0.935 bits per heavy atom. The summed E-state index contributed by atoms with van der Waals surface area (Å²) in [4.78, 5) is 12.6. The monoisotopic (exact) mass is 440 g/mol. The largest absolute Gasteiger partial charge is 0.496 e. The van der Waals surface area contributed by atoms with Gasteiger partial charge in [-0.15, -0.1) is 0 Å². The third-order valence-electron chi connectivity index (χ3n) is 4.49. The van der Waals surface area contributed by atoms with Crippen LogP contribution in [0, 0.1) is 0 Å². The molecule has 1 amide bonds. The first-order chi connectivity index (χ1) is 14.9. The minimum Gasteiger partial charge on any atom is -0.496 e. The van der Waals surface area contributed by atoms with E-state index in [1.165, 1.54) is 25.3 Å². The Bertz CT molecular complexity index is 1150. The normalized spacial score (nSPS) is 11.0. The van der Waals surface area contributed by atoms with Crippen LogP contribution in [0.3, 0.4) is 0 Å². The van der Waals surface area contributed by atoms with Gasteiger partial charge in [0.15, 0.2) is 0 Å². The summed E-state index contributed by atoms with van der Waals surface area (Å²) in [6.07, 6.45) is 0. The first kappa shape index (κ1) is 22.3. The molecule has 0 bridgehead atoms. The Hall–Kier alpha value is -3.36. The zero-order valence-corrected chi connectivity index (χ0v) is 18.1. The van der Waals surface area contributed by atoms with Crippen LogP contribution in [0.2, 0.25) is 0 Å². The third kappa shape index (κ3) is 5.62. The second kappa shape index (κ2) is 10.1. The van der Waals surface area contributed by atoms with Crippen LogP contribution < -0.4 is 19.5 Å². The average molecular weight is 441 g/mol. The molecule has 7 nitrogen and oxygen atoms in total. The predicted molar refractivity (Wildman–Crippen MR) is 119 cm³/mol. The summed E-state index contributed by atoms with van der Waals surface area (Å²) in [6, 6.07) is 20.2. The zero-order valence-electron chi connectivity index (χ0n) is 17.3. The molecule has 0 saturated heterocycles. The Morgan fingerprint density at radius 3 is 2.35 bits per heavy atom. The van der Waals surface area contributed by atoms with E-state index in [0.717, 1.165) is 0 Å². The molecule has 0 radical (unpaired) electrons. The molecule has 0 aliphatic rings. The second-order valence-electron chi connectivity index (χ2n) is 6.55. The van der Waals surface area contributed by atoms with Gasteiger partial charge in [0, 0.05) is 17.7 Å². The molecule has 31 heavy (non-hydrogen) atoms. The predicted octanol–water partition coefficient (Wildman–Crippen LogP) is 3.82. The maximum Gasteiger partial charge on any atom is 0.255 e. The molecular formula is C23H24N2O5S. The van der Waals surface area contributed by atoms with Crippen molar-refractivity contribution in [2.24, 2.45) is 0 Å². The second-order valence-corrected chi connectivity index (χ2v) is 8.31. The van der Waals surface area contributed by atoms with Gasteiger partial charge in [-0.3, -0.25) is 4.79 Å². The van der Waals surface area contributed by atoms with Crippen molar-refractivity contribution in [2.45, 2.75) is 18.4 Å². The molecule has 3 rings (SSSR count). The van der Waals surface area contributed by atoms with Crippen LogP contribution in [0.5, 0.6) is 11.5 Å². The van der Waals surface area contributed by atoms with Crippen LogP contribution in [0.4, 0.5) is 5.69 Å². The topological polar surface area (TPSA) is 93.7 Å². The molecule has 0 fully saturated rings. The fourth-order valence-electron chi connectivity index (χ4n) is 2.94. The van der Waals surface area contributed by atoms with Crippen LogP contribution in [0.1, 0.15) is 22.8 Å². The SMILES string of the molecule is CCOc1ccc(S(=O)(=O)NCc2ccccc2OC)cc1NC(=O)c1ccccc1. The van der Waals surface area contributed by atoms with Gasteiger partial charge >= 0.3 is 0 Å². The van der Waals surface area contributed by atoms with E-state index >= 15 is 0 Å². The number of carbonyl (C=O) groups is 1. The van der Waals surface area contributed by atoms with Crippen molar-refractivity contribution in [2.75, 3.05) is 19.0 Å². The minimum atomic E-state index is -3.85. The highest BCUT2D eigenvalue weighted by Gasteiger charge is 2.19. The molecule has 0 atom stereocenters. The number of nitrogens with one attached hydrogen (secondary N) is 2. The molecule has 0 aliphatic carbocycles. The first-order valence-electron chi connectivity index (χ1n) is 9.69. The summed E-state index contributed by atoms with van der Waals surface area (Å²) in [7, 11) is -2.32. The van der Waals surface area contributed by atoms with Crippen LogP contribution in [-0.2, 0) is 16.6 Å². The van der Waals surface area contributed by atoms with E-state index in [9.17, 15) is 13.2 Å². The van der Waals surface area contributed by atoms with Crippen molar-refractivity contribution in [1.29, 1.82) is 0 Å². The van der Waals surface area contributed by atoms with Gasteiger partial charge in [-0.1, -0.05) is 36.4 Å². The summed E-state index contributed by atoms with van der Waals surface area (Å²) in [5.41, 5.74) is 1.43. The van der Waals surface area contributed by atoms with Crippen molar-refractivity contribution >= 4 is 21.6 Å². The van der Waals surface area contributed by atoms with E-state index in [4.69, 9.17) is 9.47 Å². The van der Waals surface area contributed by atoms with Crippen molar-refractivity contribution in [1.82, 2.24) is 4.72 Å². The number of sulfonamides is 1. The smallest absolute Gasteiger partial charge is 0.255 e. The lowest BCUT2D eigenvalue weighted by molar-refractivity contribution is 0.102. The Morgan fingerprint density at radius 2 is 1.65 bits per heavy atom. The van der Waals surface area contributed by atoms with Gasteiger partial charge in [-0.25, -0.2) is 13.1 Å². The van der Waals surface area contributed by atoms with Crippen LogP contribution in [0.15, 0.2) is 77.7 Å². The van der Waals surface area contributed by atoms with Gasteiger partial charge in [0.05, 0.1) is 24.3 Å². The molecule has 0 spiro atoms. The number of hydrogen-bond donors (Lipinski definition) is 2. The molecular weight excluding hydrogens is 416 g/mol. The van der Waals surface area contributed by atoms with Gasteiger partial charge in [-0.2, -0.15) is 0 Å². The number of para-hydroxylation sites is 1. The van der Waals surface area contributed by atoms with Gasteiger partial charge in [0.1, 0.15) is 11.5 Å². The maximum absolute atomic E-state index is 12.9. The first-order valence-corrected chi connectivity index (χ1v) is 11.2. The molecule has 162 valence electrons. The van der Waals surface area contributed by atoms with E-state index in [2.05, 4.69) is 10.0 Å². The van der Waals surface area contributed by atoms with Gasteiger partial charge < -0.3 is 14.8 Å². The molecule has 0 unspecified atom stereocenters. The highest BCUT2D eigenvalue weighted by Crippen LogP contribution is 2.29. The highest BCUT2D eigenvalue weighted by atomic mass is 32.2.